The van der Waals surface area contributed by atoms with Gasteiger partial charge in [0.05, 0.1) is 7.11 Å². The quantitative estimate of drug-likeness (QED) is 0.863. The van der Waals surface area contributed by atoms with Crippen molar-refractivity contribution in [2.24, 2.45) is 0 Å². The van der Waals surface area contributed by atoms with Crippen molar-refractivity contribution in [1.29, 1.82) is 0 Å². The van der Waals surface area contributed by atoms with Gasteiger partial charge in [0, 0.05) is 15.9 Å². The minimum atomic E-state index is -0.585. The van der Waals surface area contributed by atoms with Crippen LogP contribution in [0.1, 0.15) is 12.8 Å². The molecule has 2 rings (SSSR count). The van der Waals surface area contributed by atoms with Gasteiger partial charge in [-0.2, -0.15) is 11.8 Å². The Morgan fingerprint density at radius 2 is 2.39 bits per heavy atom. The van der Waals surface area contributed by atoms with Crippen molar-refractivity contribution < 1.29 is 9.53 Å². The van der Waals surface area contributed by atoms with Crippen LogP contribution in [0.25, 0.3) is 0 Å². The molecule has 18 heavy (non-hydrogen) atoms. The summed E-state index contributed by atoms with van der Waals surface area (Å²) in [6, 6.07) is 7.86. The number of rotatable bonds is 3. The van der Waals surface area contributed by atoms with Gasteiger partial charge in [0.25, 0.3) is 0 Å². The van der Waals surface area contributed by atoms with E-state index in [1.807, 2.05) is 24.3 Å². The summed E-state index contributed by atoms with van der Waals surface area (Å²) >= 11 is 5.23. The molecule has 1 aromatic rings. The number of nitrogens with one attached hydrogen (secondary N) is 1. The molecule has 1 aliphatic rings. The van der Waals surface area contributed by atoms with E-state index in [9.17, 15) is 4.79 Å². The number of carbonyl (C=O) groups is 1. The highest BCUT2D eigenvalue weighted by Gasteiger charge is 2.41. The Hall–Kier alpha value is -0.680. The number of anilines is 1. The number of esters is 1. The number of benzene rings is 1. The molecule has 1 aliphatic heterocycles. The van der Waals surface area contributed by atoms with E-state index < -0.39 is 5.54 Å². The van der Waals surface area contributed by atoms with Crippen LogP contribution in [-0.4, -0.2) is 30.1 Å². The van der Waals surface area contributed by atoms with E-state index in [4.69, 9.17) is 4.74 Å². The van der Waals surface area contributed by atoms with Gasteiger partial charge < -0.3 is 10.1 Å². The summed E-state index contributed by atoms with van der Waals surface area (Å²) in [6.45, 7) is 0. The van der Waals surface area contributed by atoms with Gasteiger partial charge in [-0.3, -0.25) is 0 Å². The van der Waals surface area contributed by atoms with E-state index in [0.29, 0.717) is 0 Å². The van der Waals surface area contributed by atoms with Gasteiger partial charge in [-0.1, -0.05) is 22.0 Å². The van der Waals surface area contributed by atoms with Crippen molar-refractivity contribution in [1.82, 2.24) is 0 Å². The van der Waals surface area contributed by atoms with Crippen LogP contribution in [0.4, 0.5) is 5.69 Å². The van der Waals surface area contributed by atoms with E-state index in [0.717, 1.165) is 34.5 Å². The zero-order chi connectivity index (χ0) is 13.0. The molecule has 1 N–H and O–H groups in total. The zero-order valence-corrected chi connectivity index (χ0v) is 12.6. The van der Waals surface area contributed by atoms with Crippen molar-refractivity contribution in [2.45, 2.75) is 18.4 Å². The lowest BCUT2D eigenvalue weighted by molar-refractivity contribution is -0.145. The largest absolute Gasteiger partial charge is 0.467 e. The van der Waals surface area contributed by atoms with Crippen molar-refractivity contribution in [3.8, 4) is 0 Å². The maximum absolute atomic E-state index is 12.1. The Morgan fingerprint density at radius 3 is 3.00 bits per heavy atom. The SMILES string of the molecule is COC(=O)C1(Nc2cccc(Br)c2)CCCSC1. The van der Waals surface area contributed by atoms with Crippen molar-refractivity contribution >= 4 is 39.3 Å². The number of hydrogen-bond donors (Lipinski definition) is 1. The molecule has 0 radical (unpaired) electrons. The molecular weight excluding hydrogens is 314 g/mol. The topological polar surface area (TPSA) is 38.3 Å². The lowest BCUT2D eigenvalue weighted by atomic mass is 9.95. The molecule has 1 aromatic carbocycles. The highest BCUT2D eigenvalue weighted by atomic mass is 79.9. The maximum Gasteiger partial charge on any atom is 0.332 e. The normalized spacial score (nSPS) is 23.4. The Bertz CT molecular complexity index is 433. The third-order valence-corrected chi connectivity index (χ3v) is 4.79. The Balaban J connectivity index is 2.22. The summed E-state index contributed by atoms with van der Waals surface area (Å²) in [6.07, 6.45) is 1.85. The summed E-state index contributed by atoms with van der Waals surface area (Å²) < 4.78 is 5.97. The fourth-order valence-corrected chi connectivity index (χ4v) is 3.72. The van der Waals surface area contributed by atoms with Crippen molar-refractivity contribution in [2.75, 3.05) is 23.9 Å². The molecule has 1 heterocycles. The van der Waals surface area contributed by atoms with Crippen LogP contribution in [0, 0.1) is 0 Å². The molecule has 1 fully saturated rings. The molecule has 1 atom stereocenters. The predicted octanol–water partition coefficient (Wildman–Crippen LogP) is 3.30. The molecular formula is C13H16BrNO2S. The summed E-state index contributed by atoms with van der Waals surface area (Å²) in [5, 5.41) is 3.36. The molecule has 0 spiro atoms. The number of carbonyl (C=O) groups excluding carboxylic acids is 1. The predicted molar refractivity (Wildman–Crippen MR) is 79.1 cm³/mol. The number of methoxy groups -OCH3 is 1. The number of thioether (sulfide) groups is 1. The Labute approximate surface area is 120 Å². The van der Waals surface area contributed by atoms with E-state index in [2.05, 4.69) is 21.2 Å². The van der Waals surface area contributed by atoms with E-state index in [-0.39, 0.29) is 5.97 Å². The van der Waals surface area contributed by atoms with Crippen LogP contribution in [0.2, 0.25) is 0 Å². The third-order valence-electron chi connectivity index (χ3n) is 3.03. The average Bonchev–Trinajstić information content (AvgIpc) is 2.39. The molecule has 1 saturated heterocycles. The van der Waals surface area contributed by atoms with Crippen LogP contribution in [0.5, 0.6) is 0 Å². The van der Waals surface area contributed by atoms with Gasteiger partial charge in [0.2, 0.25) is 0 Å². The summed E-state index contributed by atoms with van der Waals surface area (Å²) in [5.74, 6) is 1.69. The van der Waals surface area contributed by atoms with Gasteiger partial charge >= 0.3 is 5.97 Å². The number of hydrogen-bond acceptors (Lipinski definition) is 4. The first-order valence-electron chi connectivity index (χ1n) is 5.86. The first-order chi connectivity index (χ1) is 8.66. The monoisotopic (exact) mass is 329 g/mol. The second-order valence-corrected chi connectivity index (χ2v) is 6.39. The molecule has 0 saturated carbocycles. The van der Waals surface area contributed by atoms with Crippen LogP contribution in [-0.2, 0) is 9.53 Å². The summed E-state index contributed by atoms with van der Waals surface area (Å²) in [4.78, 5) is 12.1. The second kappa shape index (κ2) is 5.97. The zero-order valence-electron chi connectivity index (χ0n) is 10.2. The molecule has 0 aromatic heterocycles. The van der Waals surface area contributed by atoms with Crippen molar-refractivity contribution in [3.05, 3.63) is 28.7 Å². The van der Waals surface area contributed by atoms with Crippen molar-refractivity contribution in [3.63, 3.8) is 0 Å². The van der Waals surface area contributed by atoms with Gasteiger partial charge in [0.15, 0.2) is 0 Å². The van der Waals surface area contributed by atoms with Gasteiger partial charge in [-0.15, -0.1) is 0 Å². The standard InChI is InChI=1S/C13H16BrNO2S/c1-17-12(16)13(6-3-7-18-9-13)15-11-5-2-4-10(14)8-11/h2,4-5,8,15H,3,6-7,9H2,1H3. The first kappa shape index (κ1) is 13.7. The first-order valence-corrected chi connectivity index (χ1v) is 7.81. The minimum absolute atomic E-state index is 0.172. The minimum Gasteiger partial charge on any atom is -0.467 e. The highest BCUT2D eigenvalue weighted by molar-refractivity contribution is 9.10. The van der Waals surface area contributed by atoms with E-state index in [1.165, 1.54) is 7.11 Å². The molecule has 0 bridgehead atoms. The highest BCUT2D eigenvalue weighted by Crippen LogP contribution is 2.32. The van der Waals surface area contributed by atoms with E-state index >= 15 is 0 Å². The molecule has 98 valence electrons. The lowest BCUT2D eigenvalue weighted by Crippen LogP contribution is -2.51. The second-order valence-electron chi connectivity index (χ2n) is 4.37. The third kappa shape index (κ3) is 3.01. The fraction of sp³-hybridized carbons (Fsp3) is 0.462. The average molecular weight is 330 g/mol. The molecule has 3 nitrogen and oxygen atoms in total. The van der Waals surface area contributed by atoms with Crippen LogP contribution < -0.4 is 5.32 Å². The van der Waals surface area contributed by atoms with E-state index in [1.54, 1.807) is 11.8 Å². The summed E-state index contributed by atoms with van der Waals surface area (Å²) in [5.41, 5.74) is 0.357. The van der Waals surface area contributed by atoms with Crippen LogP contribution in [0.15, 0.2) is 28.7 Å². The molecule has 0 amide bonds. The molecule has 0 aliphatic carbocycles. The number of halogens is 1. The lowest BCUT2D eigenvalue weighted by Gasteiger charge is -2.35. The van der Waals surface area contributed by atoms with Crippen LogP contribution >= 0.6 is 27.7 Å². The summed E-state index contributed by atoms with van der Waals surface area (Å²) in [7, 11) is 1.45. The maximum atomic E-state index is 12.1. The van der Waals surface area contributed by atoms with Gasteiger partial charge in [-0.05, 0) is 36.8 Å². The fourth-order valence-electron chi connectivity index (χ4n) is 2.14. The van der Waals surface area contributed by atoms with Gasteiger partial charge in [0.1, 0.15) is 5.54 Å². The van der Waals surface area contributed by atoms with Gasteiger partial charge in [-0.25, -0.2) is 4.79 Å². The Morgan fingerprint density at radius 1 is 1.56 bits per heavy atom. The smallest absolute Gasteiger partial charge is 0.332 e. The molecule has 1 unspecified atom stereocenters. The molecule has 5 heteroatoms. The number of ether oxygens (including phenoxy) is 1. The Kier molecular flexibility index (Phi) is 4.56. The van der Waals surface area contributed by atoms with Crippen LogP contribution in [0.3, 0.4) is 0 Å².